The molecule has 7 heteroatoms. The second-order valence-corrected chi connectivity index (χ2v) is 4.93. The van der Waals surface area contributed by atoms with E-state index in [9.17, 15) is 14.7 Å². The molecule has 19 heavy (non-hydrogen) atoms. The summed E-state index contributed by atoms with van der Waals surface area (Å²) in [6, 6.07) is 1.48. The molecule has 1 atom stereocenters. The van der Waals surface area contributed by atoms with Crippen molar-refractivity contribution in [2.24, 2.45) is 13.0 Å². The van der Waals surface area contributed by atoms with E-state index in [1.165, 1.54) is 24.8 Å². The Hall–Kier alpha value is -2.05. The number of amides is 1. The Kier molecular flexibility index (Phi) is 3.21. The van der Waals surface area contributed by atoms with Crippen LogP contribution in [-0.2, 0) is 11.8 Å². The third kappa shape index (κ3) is 2.40. The van der Waals surface area contributed by atoms with Gasteiger partial charge in [0.2, 0.25) is 5.88 Å². The maximum atomic E-state index is 12.1. The van der Waals surface area contributed by atoms with Crippen LogP contribution >= 0.6 is 0 Å². The summed E-state index contributed by atoms with van der Waals surface area (Å²) < 4.78 is 6.44. The number of aryl methyl sites for hydroxylation is 1. The Bertz CT molecular complexity index is 521. The SMILES string of the molecule is COc1cc(C(=O)NC(C)(C(=O)O)C2CC2)nn1C. The predicted molar refractivity (Wildman–Crippen MR) is 66.0 cm³/mol. The maximum Gasteiger partial charge on any atom is 0.329 e. The molecule has 0 saturated heterocycles. The zero-order valence-corrected chi connectivity index (χ0v) is 11.1. The molecule has 1 amide bonds. The lowest BCUT2D eigenvalue weighted by Gasteiger charge is -2.25. The standard InChI is InChI=1S/C12H17N3O4/c1-12(11(17)18,7-4-5-7)13-10(16)8-6-9(19-3)15(2)14-8/h6-7H,4-5H2,1-3H3,(H,13,16)(H,17,18). The Balaban J connectivity index is 2.17. The zero-order chi connectivity index (χ0) is 14.2. The number of methoxy groups -OCH3 is 1. The number of carboxylic acid groups (broad SMARTS) is 1. The first-order valence-corrected chi connectivity index (χ1v) is 6.02. The fourth-order valence-electron chi connectivity index (χ4n) is 2.04. The Morgan fingerprint density at radius 3 is 2.63 bits per heavy atom. The lowest BCUT2D eigenvalue weighted by molar-refractivity contribution is -0.144. The average Bonchev–Trinajstić information content (AvgIpc) is 3.12. The molecule has 1 aromatic heterocycles. The zero-order valence-electron chi connectivity index (χ0n) is 11.1. The molecule has 1 aliphatic rings. The summed E-state index contributed by atoms with van der Waals surface area (Å²) in [4.78, 5) is 23.4. The van der Waals surface area contributed by atoms with Gasteiger partial charge in [-0.15, -0.1) is 0 Å². The number of ether oxygens (including phenoxy) is 1. The summed E-state index contributed by atoms with van der Waals surface area (Å²) >= 11 is 0. The van der Waals surface area contributed by atoms with Crippen molar-refractivity contribution in [3.63, 3.8) is 0 Å². The molecule has 2 N–H and O–H groups in total. The maximum absolute atomic E-state index is 12.1. The molecule has 1 saturated carbocycles. The van der Waals surface area contributed by atoms with Crippen molar-refractivity contribution in [3.05, 3.63) is 11.8 Å². The molecule has 2 rings (SSSR count). The van der Waals surface area contributed by atoms with E-state index in [1.807, 2.05) is 0 Å². The van der Waals surface area contributed by atoms with Gasteiger partial charge in [-0.3, -0.25) is 4.79 Å². The molecule has 0 spiro atoms. The molecule has 0 bridgehead atoms. The van der Waals surface area contributed by atoms with Gasteiger partial charge in [-0.2, -0.15) is 5.10 Å². The van der Waals surface area contributed by atoms with Gasteiger partial charge in [0.1, 0.15) is 5.54 Å². The van der Waals surface area contributed by atoms with Crippen molar-refractivity contribution in [1.82, 2.24) is 15.1 Å². The topological polar surface area (TPSA) is 93.4 Å². The van der Waals surface area contributed by atoms with E-state index in [0.29, 0.717) is 5.88 Å². The second-order valence-electron chi connectivity index (χ2n) is 4.93. The van der Waals surface area contributed by atoms with E-state index < -0.39 is 17.4 Å². The number of nitrogens with zero attached hydrogens (tertiary/aromatic N) is 2. The Morgan fingerprint density at radius 1 is 1.58 bits per heavy atom. The van der Waals surface area contributed by atoms with E-state index in [-0.39, 0.29) is 11.6 Å². The number of rotatable bonds is 5. The van der Waals surface area contributed by atoms with Crippen LogP contribution in [0.2, 0.25) is 0 Å². The van der Waals surface area contributed by atoms with Crippen LogP contribution in [0.15, 0.2) is 6.07 Å². The molecule has 0 aromatic carbocycles. The minimum Gasteiger partial charge on any atom is -0.481 e. The highest BCUT2D eigenvalue weighted by atomic mass is 16.5. The highest BCUT2D eigenvalue weighted by molar-refractivity contribution is 5.96. The predicted octanol–water partition coefficient (Wildman–Crippen LogP) is 0.412. The third-order valence-electron chi connectivity index (χ3n) is 3.49. The van der Waals surface area contributed by atoms with Gasteiger partial charge >= 0.3 is 5.97 Å². The van der Waals surface area contributed by atoms with Gasteiger partial charge in [0, 0.05) is 13.1 Å². The highest BCUT2D eigenvalue weighted by Crippen LogP contribution is 2.39. The van der Waals surface area contributed by atoms with Gasteiger partial charge in [-0.05, 0) is 25.7 Å². The molecule has 104 valence electrons. The molecule has 1 fully saturated rings. The first kappa shape index (κ1) is 13.4. The molecule has 0 radical (unpaired) electrons. The van der Waals surface area contributed by atoms with Gasteiger partial charge in [0.05, 0.1) is 7.11 Å². The molecular formula is C12H17N3O4. The summed E-state index contributed by atoms with van der Waals surface area (Å²) in [5, 5.41) is 15.8. The fraction of sp³-hybridized carbons (Fsp3) is 0.583. The number of aromatic nitrogens is 2. The van der Waals surface area contributed by atoms with Crippen molar-refractivity contribution in [3.8, 4) is 5.88 Å². The van der Waals surface area contributed by atoms with Crippen molar-refractivity contribution < 1.29 is 19.4 Å². The summed E-state index contributed by atoms with van der Waals surface area (Å²) in [7, 11) is 3.12. The first-order chi connectivity index (χ1) is 8.88. The molecule has 1 unspecified atom stereocenters. The summed E-state index contributed by atoms with van der Waals surface area (Å²) in [5.41, 5.74) is -1.09. The van der Waals surface area contributed by atoms with Gasteiger partial charge in [0.25, 0.3) is 5.91 Å². The average molecular weight is 267 g/mol. The Labute approximate surface area is 110 Å². The van der Waals surface area contributed by atoms with Crippen LogP contribution in [0.25, 0.3) is 0 Å². The van der Waals surface area contributed by atoms with Crippen molar-refractivity contribution in [1.29, 1.82) is 0 Å². The van der Waals surface area contributed by atoms with E-state index >= 15 is 0 Å². The lowest BCUT2D eigenvalue weighted by atomic mass is 9.96. The molecular weight excluding hydrogens is 250 g/mol. The molecule has 1 aliphatic carbocycles. The van der Waals surface area contributed by atoms with Gasteiger partial charge < -0.3 is 15.2 Å². The number of aliphatic carboxylic acids is 1. The summed E-state index contributed by atoms with van der Waals surface area (Å²) in [6.07, 6.45) is 1.63. The summed E-state index contributed by atoms with van der Waals surface area (Å²) in [5.74, 6) is -1.10. The quantitative estimate of drug-likeness (QED) is 0.806. The van der Waals surface area contributed by atoms with E-state index in [1.54, 1.807) is 7.05 Å². The molecule has 1 heterocycles. The van der Waals surface area contributed by atoms with E-state index in [0.717, 1.165) is 12.8 Å². The van der Waals surface area contributed by atoms with E-state index in [2.05, 4.69) is 10.4 Å². The van der Waals surface area contributed by atoms with E-state index in [4.69, 9.17) is 4.74 Å². The largest absolute Gasteiger partial charge is 0.481 e. The third-order valence-corrected chi connectivity index (χ3v) is 3.49. The van der Waals surface area contributed by atoms with Crippen LogP contribution < -0.4 is 10.1 Å². The minimum atomic E-state index is -1.23. The van der Waals surface area contributed by atoms with Crippen molar-refractivity contribution in [2.45, 2.75) is 25.3 Å². The van der Waals surface area contributed by atoms with Crippen molar-refractivity contribution in [2.75, 3.05) is 7.11 Å². The van der Waals surface area contributed by atoms with Crippen LogP contribution in [0.1, 0.15) is 30.3 Å². The van der Waals surface area contributed by atoms with Crippen LogP contribution in [-0.4, -0.2) is 39.4 Å². The van der Waals surface area contributed by atoms with Crippen molar-refractivity contribution >= 4 is 11.9 Å². The van der Waals surface area contributed by atoms with Crippen LogP contribution in [0.4, 0.5) is 0 Å². The number of hydrogen-bond acceptors (Lipinski definition) is 4. The molecule has 7 nitrogen and oxygen atoms in total. The number of carboxylic acids is 1. The smallest absolute Gasteiger partial charge is 0.329 e. The second kappa shape index (κ2) is 4.56. The summed E-state index contributed by atoms with van der Waals surface area (Å²) in [6.45, 7) is 1.53. The van der Waals surface area contributed by atoms with Gasteiger partial charge in [0.15, 0.2) is 5.69 Å². The normalized spacial score (nSPS) is 17.6. The fourth-order valence-corrected chi connectivity index (χ4v) is 2.04. The molecule has 0 aliphatic heterocycles. The number of carbonyl (C=O) groups is 2. The number of carbonyl (C=O) groups excluding carboxylic acids is 1. The van der Waals surface area contributed by atoms with Crippen LogP contribution in [0, 0.1) is 5.92 Å². The Morgan fingerprint density at radius 2 is 2.21 bits per heavy atom. The van der Waals surface area contributed by atoms with Crippen LogP contribution in [0.3, 0.4) is 0 Å². The van der Waals surface area contributed by atoms with Crippen LogP contribution in [0.5, 0.6) is 5.88 Å². The minimum absolute atomic E-state index is 0.0143. The molecule has 1 aromatic rings. The highest BCUT2D eigenvalue weighted by Gasteiger charge is 2.48. The number of nitrogens with one attached hydrogen (secondary N) is 1. The number of hydrogen-bond donors (Lipinski definition) is 2. The van der Waals surface area contributed by atoms with Gasteiger partial charge in [-0.25, -0.2) is 9.48 Å². The van der Waals surface area contributed by atoms with Gasteiger partial charge in [-0.1, -0.05) is 0 Å². The lowest BCUT2D eigenvalue weighted by Crippen LogP contribution is -2.54. The first-order valence-electron chi connectivity index (χ1n) is 6.02. The monoisotopic (exact) mass is 267 g/mol.